The smallest absolute Gasteiger partial charge is 0.236 e. The largest absolute Gasteiger partial charge is 0.383 e. The van der Waals surface area contributed by atoms with Gasteiger partial charge in [0.25, 0.3) is 0 Å². The van der Waals surface area contributed by atoms with Crippen LogP contribution in [0.1, 0.15) is 30.9 Å². The summed E-state index contributed by atoms with van der Waals surface area (Å²) >= 11 is 0. The van der Waals surface area contributed by atoms with Crippen molar-refractivity contribution in [2.24, 2.45) is 0 Å². The summed E-state index contributed by atoms with van der Waals surface area (Å²) in [6.07, 6.45) is 0. The highest BCUT2D eigenvalue weighted by Crippen LogP contribution is 2.15. The SMILES string of the molecule is COCCNCC(=O)N(C)Cc1ccc(C(C)C)cc1.Cl. The summed E-state index contributed by atoms with van der Waals surface area (Å²) < 4.78 is 4.92. The van der Waals surface area contributed by atoms with E-state index < -0.39 is 0 Å². The quantitative estimate of drug-likeness (QED) is 0.749. The van der Waals surface area contributed by atoms with Gasteiger partial charge < -0.3 is 15.0 Å². The molecule has 1 N–H and O–H groups in total. The Morgan fingerprint density at radius 3 is 2.43 bits per heavy atom. The molecule has 0 saturated carbocycles. The maximum Gasteiger partial charge on any atom is 0.236 e. The maximum atomic E-state index is 11.9. The van der Waals surface area contributed by atoms with E-state index in [1.807, 2.05) is 7.05 Å². The summed E-state index contributed by atoms with van der Waals surface area (Å²) in [5, 5.41) is 3.06. The molecule has 1 rings (SSSR count). The van der Waals surface area contributed by atoms with Gasteiger partial charge in [0, 0.05) is 27.2 Å². The molecule has 1 aromatic rings. The van der Waals surface area contributed by atoms with Crippen molar-refractivity contribution in [3.05, 3.63) is 35.4 Å². The molecule has 0 spiro atoms. The Morgan fingerprint density at radius 2 is 1.90 bits per heavy atom. The first kappa shape index (κ1) is 19.9. The van der Waals surface area contributed by atoms with Gasteiger partial charge in [0.05, 0.1) is 13.2 Å². The van der Waals surface area contributed by atoms with Crippen LogP contribution in [0.2, 0.25) is 0 Å². The van der Waals surface area contributed by atoms with E-state index in [0.29, 0.717) is 32.2 Å². The van der Waals surface area contributed by atoms with E-state index in [0.717, 1.165) is 5.56 Å². The zero-order chi connectivity index (χ0) is 15.0. The average Bonchev–Trinajstić information content (AvgIpc) is 2.44. The van der Waals surface area contributed by atoms with Crippen molar-refractivity contribution in [3.8, 4) is 0 Å². The van der Waals surface area contributed by atoms with Gasteiger partial charge >= 0.3 is 0 Å². The molecule has 0 radical (unpaired) electrons. The van der Waals surface area contributed by atoms with Gasteiger partial charge in [-0.2, -0.15) is 0 Å². The summed E-state index contributed by atoms with van der Waals surface area (Å²) in [5.74, 6) is 0.627. The van der Waals surface area contributed by atoms with E-state index >= 15 is 0 Å². The first-order valence-electron chi connectivity index (χ1n) is 7.07. The minimum absolute atomic E-state index is 0. The Labute approximate surface area is 134 Å². The zero-order valence-corrected chi connectivity index (χ0v) is 14.2. The van der Waals surface area contributed by atoms with Gasteiger partial charge in [0.2, 0.25) is 5.91 Å². The molecule has 0 bridgehead atoms. The van der Waals surface area contributed by atoms with Crippen LogP contribution in [0, 0.1) is 0 Å². The molecule has 0 fully saturated rings. The van der Waals surface area contributed by atoms with E-state index in [1.165, 1.54) is 5.56 Å². The van der Waals surface area contributed by atoms with Crippen molar-refractivity contribution < 1.29 is 9.53 Å². The van der Waals surface area contributed by atoms with Crippen LogP contribution in [-0.2, 0) is 16.1 Å². The predicted molar refractivity (Wildman–Crippen MR) is 89.0 cm³/mol. The molecular formula is C16H27ClN2O2. The Bertz CT molecular complexity index is 407. The number of carbonyl (C=O) groups excluding carboxylic acids is 1. The molecule has 1 aromatic carbocycles. The molecule has 0 aromatic heterocycles. The number of rotatable bonds is 8. The van der Waals surface area contributed by atoms with Gasteiger partial charge in [-0.3, -0.25) is 4.79 Å². The number of likely N-dealkylation sites (N-methyl/N-ethyl adjacent to an activating group) is 1. The Kier molecular flexibility index (Phi) is 10.0. The summed E-state index contributed by atoms with van der Waals surface area (Å²) in [7, 11) is 3.48. The van der Waals surface area contributed by atoms with Gasteiger partial charge in [-0.15, -0.1) is 12.4 Å². The van der Waals surface area contributed by atoms with Crippen LogP contribution < -0.4 is 5.32 Å². The molecule has 0 atom stereocenters. The molecule has 120 valence electrons. The molecule has 1 amide bonds. The summed E-state index contributed by atoms with van der Waals surface area (Å²) in [4.78, 5) is 13.6. The van der Waals surface area contributed by atoms with E-state index in [4.69, 9.17) is 4.74 Å². The average molecular weight is 315 g/mol. The number of benzene rings is 1. The fourth-order valence-electron chi connectivity index (χ4n) is 1.87. The van der Waals surface area contributed by atoms with Gasteiger partial charge in [0.1, 0.15) is 0 Å². The van der Waals surface area contributed by atoms with Crippen molar-refractivity contribution in [2.45, 2.75) is 26.3 Å². The minimum atomic E-state index is 0. The number of ether oxygens (including phenoxy) is 1. The Morgan fingerprint density at radius 1 is 1.29 bits per heavy atom. The maximum absolute atomic E-state index is 11.9. The monoisotopic (exact) mass is 314 g/mol. The van der Waals surface area contributed by atoms with Crippen molar-refractivity contribution in [3.63, 3.8) is 0 Å². The summed E-state index contributed by atoms with van der Waals surface area (Å²) in [6, 6.07) is 8.46. The lowest BCUT2D eigenvalue weighted by atomic mass is 10.0. The third kappa shape index (κ3) is 7.46. The number of carbonyl (C=O) groups is 1. The van der Waals surface area contributed by atoms with Crippen LogP contribution in [0.25, 0.3) is 0 Å². The fraction of sp³-hybridized carbons (Fsp3) is 0.562. The number of halogens is 1. The molecule has 0 heterocycles. The first-order chi connectivity index (χ1) is 9.54. The Hall–Kier alpha value is -1.10. The van der Waals surface area contributed by atoms with Crippen molar-refractivity contribution in [1.82, 2.24) is 10.2 Å². The van der Waals surface area contributed by atoms with Crippen molar-refractivity contribution in [2.75, 3.05) is 33.9 Å². The molecule has 0 aliphatic carbocycles. The summed E-state index contributed by atoms with van der Waals surface area (Å²) in [5.41, 5.74) is 2.48. The van der Waals surface area contributed by atoms with Crippen molar-refractivity contribution in [1.29, 1.82) is 0 Å². The van der Waals surface area contributed by atoms with E-state index in [-0.39, 0.29) is 18.3 Å². The molecule has 4 nitrogen and oxygen atoms in total. The molecule has 21 heavy (non-hydrogen) atoms. The number of amides is 1. The second-order valence-corrected chi connectivity index (χ2v) is 5.32. The van der Waals surface area contributed by atoms with Crippen LogP contribution in [0.5, 0.6) is 0 Å². The number of hydrogen-bond acceptors (Lipinski definition) is 3. The van der Waals surface area contributed by atoms with E-state index in [9.17, 15) is 4.79 Å². The van der Waals surface area contributed by atoms with Crippen LogP contribution in [0.3, 0.4) is 0 Å². The highest BCUT2D eigenvalue weighted by atomic mass is 35.5. The van der Waals surface area contributed by atoms with Gasteiger partial charge in [-0.1, -0.05) is 38.1 Å². The third-order valence-corrected chi connectivity index (χ3v) is 3.25. The fourth-order valence-corrected chi connectivity index (χ4v) is 1.87. The lowest BCUT2D eigenvalue weighted by Crippen LogP contribution is -2.36. The zero-order valence-electron chi connectivity index (χ0n) is 13.4. The number of nitrogens with one attached hydrogen (secondary N) is 1. The highest BCUT2D eigenvalue weighted by molar-refractivity contribution is 5.85. The van der Waals surface area contributed by atoms with E-state index in [2.05, 4.69) is 43.4 Å². The predicted octanol–water partition coefficient (Wildman–Crippen LogP) is 2.43. The van der Waals surface area contributed by atoms with Crippen LogP contribution in [-0.4, -0.2) is 44.7 Å². The third-order valence-electron chi connectivity index (χ3n) is 3.25. The molecule has 0 unspecified atom stereocenters. The number of nitrogens with zero attached hydrogens (tertiary/aromatic N) is 1. The van der Waals surface area contributed by atoms with Crippen LogP contribution >= 0.6 is 12.4 Å². The van der Waals surface area contributed by atoms with Crippen LogP contribution in [0.15, 0.2) is 24.3 Å². The normalized spacial score (nSPS) is 10.3. The van der Waals surface area contributed by atoms with Gasteiger partial charge in [0.15, 0.2) is 0 Å². The first-order valence-corrected chi connectivity index (χ1v) is 7.07. The lowest BCUT2D eigenvalue weighted by molar-refractivity contribution is -0.129. The van der Waals surface area contributed by atoms with Crippen molar-refractivity contribution >= 4 is 18.3 Å². The number of hydrogen-bond donors (Lipinski definition) is 1. The minimum Gasteiger partial charge on any atom is -0.383 e. The van der Waals surface area contributed by atoms with Crippen LogP contribution in [0.4, 0.5) is 0 Å². The summed E-state index contributed by atoms with van der Waals surface area (Å²) in [6.45, 7) is 6.66. The van der Waals surface area contributed by atoms with Gasteiger partial charge in [-0.25, -0.2) is 0 Å². The second kappa shape index (κ2) is 10.6. The molecule has 0 aliphatic rings. The van der Waals surface area contributed by atoms with E-state index in [1.54, 1.807) is 12.0 Å². The molecule has 5 heteroatoms. The van der Waals surface area contributed by atoms with Gasteiger partial charge in [-0.05, 0) is 17.0 Å². The molecule has 0 saturated heterocycles. The number of methoxy groups -OCH3 is 1. The highest BCUT2D eigenvalue weighted by Gasteiger charge is 2.08. The second-order valence-electron chi connectivity index (χ2n) is 5.32. The topological polar surface area (TPSA) is 41.6 Å². The standard InChI is InChI=1S/C16H26N2O2.ClH/c1-13(2)15-7-5-14(6-8-15)12-18(3)16(19)11-17-9-10-20-4;/h5-8,13,17H,9-12H2,1-4H3;1H. The Balaban J connectivity index is 0.00000400. The lowest BCUT2D eigenvalue weighted by Gasteiger charge is -2.18. The molecular weight excluding hydrogens is 288 g/mol. The molecule has 0 aliphatic heterocycles.